The van der Waals surface area contributed by atoms with Gasteiger partial charge in [-0.25, -0.2) is 9.18 Å². The molecule has 0 aromatic heterocycles. The topological polar surface area (TPSA) is 65.1 Å². The summed E-state index contributed by atoms with van der Waals surface area (Å²) < 4.78 is 29.8. The summed E-state index contributed by atoms with van der Waals surface area (Å²) in [6.07, 6.45) is 0. The first-order valence-electron chi connectivity index (χ1n) is 8.77. The van der Waals surface area contributed by atoms with E-state index in [0.29, 0.717) is 37.8 Å². The number of nitrogens with zero attached hydrogens (tertiary/aromatic N) is 1. The first-order chi connectivity index (χ1) is 13.5. The van der Waals surface area contributed by atoms with Crippen LogP contribution >= 0.6 is 11.6 Å². The zero-order chi connectivity index (χ0) is 20.1. The maximum atomic E-state index is 13.8. The number of rotatable bonds is 6. The van der Waals surface area contributed by atoms with Crippen LogP contribution in [0, 0.1) is 5.82 Å². The van der Waals surface area contributed by atoms with Crippen LogP contribution < -0.4 is 9.47 Å². The number of fused-ring (bicyclic) bond motifs is 1. The quantitative estimate of drug-likeness (QED) is 0.686. The van der Waals surface area contributed by atoms with E-state index in [4.69, 9.17) is 25.8 Å². The van der Waals surface area contributed by atoms with Gasteiger partial charge >= 0.3 is 5.97 Å². The highest BCUT2D eigenvalue weighted by Gasteiger charge is 2.21. The number of carbonyl (C=O) groups excluding carboxylic acids is 2. The summed E-state index contributed by atoms with van der Waals surface area (Å²) in [5.74, 6) is -0.883. The number of hydrogen-bond acceptors (Lipinski definition) is 5. The van der Waals surface area contributed by atoms with Crippen LogP contribution in [0.1, 0.15) is 22.8 Å². The lowest BCUT2D eigenvalue weighted by molar-refractivity contribution is -0.135. The van der Waals surface area contributed by atoms with E-state index in [1.54, 1.807) is 6.07 Å². The van der Waals surface area contributed by atoms with E-state index in [9.17, 15) is 14.0 Å². The second-order valence-electron chi connectivity index (χ2n) is 6.06. The number of carbonyl (C=O) groups is 2. The van der Waals surface area contributed by atoms with Gasteiger partial charge in [-0.15, -0.1) is 0 Å². The van der Waals surface area contributed by atoms with Crippen molar-refractivity contribution in [1.29, 1.82) is 0 Å². The fourth-order valence-electron chi connectivity index (χ4n) is 2.77. The van der Waals surface area contributed by atoms with Gasteiger partial charge in [-0.2, -0.15) is 0 Å². The Hall–Kier alpha value is -2.80. The Kier molecular flexibility index (Phi) is 6.36. The molecule has 8 heteroatoms. The zero-order valence-corrected chi connectivity index (χ0v) is 16.0. The van der Waals surface area contributed by atoms with Crippen LogP contribution in [0.2, 0.25) is 5.02 Å². The Labute approximate surface area is 166 Å². The van der Waals surface area contributed by atoms with Crippen molar-refractivity contribution < 1.29 is 28.2 Å². The molecule has 1 heterocycles. The van der Waals surface area contributed by atoms with Crippen LogP contribution in [-0.4, -0.2) is 43.1 Å². The zero-order valence-electron chi connectivity index (χ0n) is 15.2. The van der Waals surface area contributed by atoms with Crippen molar-refractivity contribution in [3.63, 3.8) is 0 Å². The molecular formula is C20H19ClFNO5. The normalized spacial score (nSPS) is 12.4. The molecule has 0 unspecified atom stereocenters. The third-order valence-electron chi connectivity index (χ3n) is 4.21. The SMILES string of the molecule is CCN(Cc1ccc2c(c1)OCCO2)C(=O)COC(=O)c1c(F)cccc1Cl. The van der Waals surface area contributed by atoms with Crippen molar-refractivity contribution >= 4 is 23.5 Å². The predicted molar refractivity (Wildman–Crippen MR) is 100 cm³/mol. The van der Waals surface area contributed by atoms with Gasteiger partial charge in [0.05, 0.1) is 5.02 Å². The molecule has 1 aliphatic rings. The molecule has 1 amide bonds. The third-order valence-corrected chi connectivity index (χ3v) is 4.52. The van der Waals surface area contributed by atoms with E-state index >= 15 is 0 Å². The van der Waals surface area contributed by atoms with Crippen molar-refractivity contribution in [2.24, 2.45) is 0 Å². The second kappa shape index (κ2) is 8.93. The van der Waals surface area contributed by atoms with Gasteiger partial charge in [-0.1, -0.05) is 23.7 Å². The molecule has 2 aromatic carbocycles. The van der Waals surface area contributed by atoms with Crippen molar-refractivity contribution in [3.8, 4) is 11.5 Å². The summed E-state index contributed by atoms with van der Waals surface area (Å²) in [5.41, 5.74) is 0.467. The standard InChI is InChI=1S/C20H19ClFNO5/c1-2-23(11-13-6-7-16-17(10-13)27-9-8-26-16)18(24)12-28-20(25)19-14(21)4-3-5-15(19)22/h3-7,10H,2,8-9,11-12H2,1H3. The lowest BCUT2D eigenvalue weighted by atomic mass is 10.1. The number of benzene rings is 2. The van der Waals surface area contributed by atoms with E-state index < -0.39 is 24.3 Å². The highest BCUT2D eigenvalue weighted by atomic mass is 35.5. The Morgan fingerprint density at radius 2 is 1.93 bits per heavy atom. The van der Waals surface area contributed by atoms with E-state index in [-0.39, 0.29) is 10.6 Å². The van der Waals surface area contributed by atoms with Crippen LogP contribution in [0.15, 0.2) is 36.4 Å². The summed E-state index contributed by atoms with van der Waals surface area (Å²) in [7, 11) is 0. The summed E-state index contributed by atoms with van der Waals surface area (Å²) in [6, 6.07) is 9.31. The number of ether oxygens (including phenoxy) is 3. The van der Waals surface area contributed by atoms with E-state index in [2.05, 4.69) is 0 Å². The van der Waals surface area contributed by atoms with Gasteiger partial charge in [-0.05, 0) is 36.8 Å². The van der Waals surface area contributed by atoms with Crippen LogP contribution in [-0.2, 0) is 16.1 Å². The average Bonchev–Trinajstić information content (AvgIpc) is 2.70. The van der Waals surface area contributed by atoms with Crippen LogP contribution in [0.5, 0.6) is 11.5 Å². The first-order valence-corrected chi connectivity index (χ1v) is 9.14. The minimum absolute atomic E-state index is 0.0684. The number of amides is 1. The van der Waals surface area contributed by atoms with Gasteiger partial charge in [0.15, 0.2) is 18.1 Å². The molecule has 0 radical (unpaired) electrons. The fraction of sp³-hybridized carbons (Fsp3) is 0.300. The molecule has 28 heavy (non-hydrogen) atoms. The van der Waals surface area contributed by atoms with E-state index in [1.807, 2.05) is 19.1 Å². The molecule has 3 rings (SSSR count). The summed E-state index contributed by atoms with van der Waals surface area (Å²) in [6.45, 7) is 2.99. The van der Waals surface area contributed by atoms with Crippen molar-refractivity contribution in [2.45, 2.75) is 13.5 Å². The van der Waals surface area contributed by atoms with Crippen LogP contribution in [0.4, 0.5) is 4.39 Å². The molecule has 0 fully saturated rings. The molecule has 0 N–H and O–H groups in total. The minimum Gasteiger partial charge on any atom is -0.486 e. The van der Waals surface area contributed by atoms with Gasteiger partial charge < -0.3 is 19.1 Å². The highest BCUT2D eigenvalue weighted by molar-refractivity contribution is 6.33. The second-order valence-corrected chi connectivity index (χ2v) is 6.47. The van der Waals surface area contributed by atoms with E-state index in [1.165, 1.54) is 17.0 Å². The number of hydrogen-bond donors (Lipinski definition) is 0. The molecule has 148 valence electrons. The number of esters is 1. The Morgan fingerprint density at radius 1 is 1.18 bits per heavy atom. The maximum Gasteiger partial charge on any atom is 0.343 e. The van der Waals surface area contributed by atoms with Crippen molar-refractivity contribution in [2.75, 3.05) is 26.4 Å². The van der Waals surface area contributed by atoms with Gasteiger partial charge in [0.1, 0.15) is 24.6 Å². The van der Waals surface area contributed by atoms with Crippen LogP contribution in [0.3, 0.4) is 0 Å². The van der Waals surface area contributed by atoms with Gasteiger partial charge in [0.2, 0.25) is 0 Å². The Bertz CT molecular complexity index is 869. The molecular weight excluding hydrogens is 389 g/mol. The Balaban J connectivity index is 1.61. The molecule has 1 aliphatic heterocycles. The summed E-state index contributed by atoms with van der Waals surface area (Å²) in [4.78, 5) is 26.0. The Morgan fingerprint density at radius 3 is 2.64 bits per heavy atom. The minimum atomic E-state index is -0.980. The number of halogens is 2. The fourth-order valence-corrected chi connectivity index (χ4v) is 3.01. The first kappa shape index (κ1) is 19.9. The maximum absolute atomic E-state index is 13.8. The van der Waals surface area contributed by atoms with Gasteiger partial charge in [-0.3, -0.25) is 4.79 Å². The molecule has 2 aromatic rings. The van der Waals surface area contributed by atoms with Crippen molar-refractivity contribution in [3.05, 3.63) is 58.4 Å². The number of likely N-dealkylation sites (N-methyl/N-ethyl adjacent to an activating group) is 1. The molecule has 0 aliphatic carbocycles. The molecule has 0 saturated heterocycles. The molecule has 0 atom stereocenters. The van der Waals surface area contributed by atoms with Crippen molar-refractivity contribution in [1.82, 2.24) is 4.90 Å². The smallest absolute Gasteiger partial charge is 0.343 e. The lowest BCUT2D eigenvalue weighted by Gasteiger charge is -2.23. The average molecular weight is 408 g/mol. The monoisotopic (exact) mass is 407 g/mol. The summed E-state index contributed by atoms with van der Waals surface area (Å²) >= 11 is 5.84. The van der Waals surface area contributed by atoms with Gasteiger partial charge in [0.25, 0.3) is 5.91 Å². The van der Waals surface area contributed by atoms with Gasteiger partial charge in [0, 0.05) is 13.1 Å². The molecule has 0 bridgehead atoms. The lowest BCUT2D eigenvalue weighted by Crippen LogP contribution is -2.34. The van der Waals surface area contributed by atoms with E-state index in [0.717, 1.165) is 11.6 Å². The molecule has 0 spiro atoms. The largest absolute Gasteiger partial charge is 0.486 e. The molecule has 6 nitrogen and oxygen atoms in total. The summed E-state index contributed by atoms with van der Waals surface area (Å²) in [5, 5.41) is -0.0684. The predicted octanol–water partition coefficient (Wildman–Crippen LogP) is 3.46. The van der Waals surface area contributed by atoms with Crippen LogP contribution in [0.25, 0.3) is 0 Å². The highest BCUT2D eigenvalue weighted by Crippen LogP contribution is 2.31. The third kappa shape index (κ3) is 4.54. The molecule has 0 saturated carbocycles.